The lowest BCUT2D eigenvalue weighted by Gasteiger charge is -2.32. The molecule has 1 aromatic rings. The van der Waals surface area contributed by atoms with Crippen LogP contribution < -0.4 is 20.1 Å². The number of carbonyl (C=O) groups excluding carboxylic acids is 3. The van der Waals surface area contributed by atoms with E-state index in [1.807, 2.05) is 24.8 Å². The predicted molar refractivity (Wildman–Crippen MR) is 125 cm³/mol. The van der Waals surface area contributed by atoms with Crippen LogP contribution >= 0.6 is 0 Å². The number of nitrogens with zero attached hydrogens (tertiary/aromatic N) is 1. The van der Waals surface area contributed by atoms with Crippen LogP contribution in [0.1, 0.15) is 57.1 Å². The Bertz CT molecular complexity index is 870. The van der Waals surface area contributed by atoms with Crippen molar-refractivity contribution in [1.29, 1.82) is 0 Å². The highest BCUT2D eigenvalue weighted by atomic mass is 16.5. The third kappa shape index (κ3) is 6.18. The van der Waals surface area contributed by atoms with Gasteiger partial charge in [-0.1, -0.05) is 19.9 Å². The molecule has 8 heteroatoms. The number of nitrogens with one attached hydrogen (secondary N) is 2. The van der Waals surface area contributed by atoms with E-state index >= 15 is 0 Å². The van der Waals surface area contributed by atoms with E-state index in [2.05, 4.69) is 16.7 Å². The molecule has 0 radical (unpaired) electrons. The molecule has 0 aromatic heterocycles. The maximum atomic E-state index is 12.9. The molecular weight excluding hydrogens is 422 g/mol. The maximum absolute atomic E-state index is 12.9. The molecule has 3 rings (SSSR count). The molecular formula is C25H37N3O5. The van der Waals surface area contributed by atoms with Gasteiger partial charge < -0.3 is 25.0 Å². The smallest absolute Gasteiger partial charge is 0.225 e. The summed E-state index contributed by atoms with van der Waals surface area (Å²) in [5.41, 5.74) is 2.00. The quantitative estimate of drug-likeness (QED) is 0.723. The number of hydrogen-bond acceptors (Lipinski definition) is 5. The van der Waals surface area contributed by atoms with E-state index in [1.165, 1.54) is 0 Å². The molecule has 2 aliphatic rings. The second-order valence-electron chi connectivity index (χ2n) is 9.24. The number of ether oxygens (including phenoxy) is 2. The molecule has 2 aliphatic heterocycles. The highest BCUT2D eigenvalue weighted by Crippen LogP contribution is 2.34. The molecule has 4 bridgehead atoms. The first-order valence-electron chi connectivity index (χ1n) is 11.9. The molecule has 8 nitrogen and oxygen atoms in total. The van der Waals surface area contributed by atoms with Gasteiger partial charge in [-0.15, -0.1) is 0 Å². The Morgan fingerprint density at radius 2 is 1.76 bits per heavy atom. The van der Waals surface area contributed by atoms with Crippen molar-refractivity contribution in [2.45, 2.75) is 70.9 Å². The number of benzene rings is 1. The highest BCUT2D eigenvalue weighted by Gasteiger charge is 2.38. The van der Waals surface area contributed by atoms with Crippen LogP contribution in [0.5, 0.6) is 11.5 Å². The zero-order chi connectivity index (χ0) is 24.0. The number of hydrogen-bond donors (Lipinski definition) is 2. The van der Waals surface area contributed by atoms with Crippen LogP contribution in [0.25, 0.3) is 0 Å². The molecule has 0 saturated carbocycles. The fourth-order valence-corrected chi connectivity index (χ4v) is 4.83. The summed E-state index contributed by atoms with van der Waals surface area (Å²) in [5, 5.41) is 6.02. The topological polar surface area (TPSA) is 97.0 Å². The third-order valence-corrected chi connectivity index (χ3v) is 6.53. The van der Waals surface area contributed by atoms with Gasteiger partial charge in [0.15, 0.2) is 11.5 Å². The van der Waals surface area contributed by atoms with Crippen molar-refractivity contribution in [3.05, 3.63) is 23.3 Å². The van der Waals surface area contributed by atoms with E-state index in [0.717, 1.165) is 30.4 Å². The molecule has 1 fully saturated rings. The first-order valence-corrected chi connectivity index (χ1v) is 11.9. The van der Waals surface area contributed by atoms with Crippen LogP contribution in [0.3, 0.4) is 0 Å². The largest absolute Gasteiger partial charge is 0.493 e. The van der Waals surface area contributed by atoms with E-state index in [1.54, 1.807) is 14.2 Å². The normalized spacial score (nSPS) is 22.4. The van der Waals surface area contributed by atoms with Crippen LogP contribution in [0.15, 0.2) is 12.1 Å². The average Bonchev–Trinajstić information content (AvgIpc) is 3.19. The van der Waals surface area contributed by atoms with Crippen LogP contribution in [0, 0.1) is 5.92 Å². The lowest BCUT2D eigenvalue weighted by Crippen LogP contribution is -2.49. The first-order chi connectivity index (χ1) is 15.8. The van der Waals surface area contributed by atoms with Gasteiger partial charge in [0.05, 0.1) is 14.2 Å². The van der Waals surface area contributed by atoms with E-state index in [0.29, 0.717) is 43.9 Å². The Hall–Kier alpha value is -2.77. The molecule has 2 atom stereocenters. The number of carbonyl (C=O) groups is 3. The molecule has 3 amide bonds. The number of aryl methyl sites for hydroxylation is 2. The van der Waals surface area contributed by atoms with E-state index in [-0.39, 0.29) is 42.1 Å². The van der Waals surface area contributed by atoms with Gasteiger partial charge in [-0.05, 0) is 49.3 Å². The van der Waals surface area contributed by atoms with Gasteiger partial charge in [0.2, 0.25) is 17.7 Å². The van der Waals surface area contributed by atoms with Gasteiger partial charge in [0, 0.05) is 43.9 Å². The summed E-state index contributed by atoms with van der Waals surface area (Å²) in [6.07, 6.45) is 4.24. The summed E-state index contributed by atoms with van der Waals surface area (Å²) < 4.78 is 11.1. The molecule has 0 aliphatic carbocycles. The minimum Gasteiger partial charge on any atom is -0.493 e. The van der Waals surface area contributed by atoms with Crippen molar-refractivity contribution >= 4 is 17.7 Å². The highest BCUT2D eigenvalue weighted by molar-refractivity contribution is 5.82. The number of methoxy groups -OCH3 is 2. The monoisotopic (exact) mass is 459 g/mol. The SMILES string of the molecule is COc1cc2cc(c1OC)CCCNC(=O)C[C@@H]1CC[C@H](CNC(=O)CC2)N1C(=O)C(C)C. The van der Waals surface area contributed by atoms with Gasteiger partial charge in [-0.3, -0.25) is 14.4 Å². The Labute approximate surface area is 196 Å². The van der Waals surface area contributed by atoms with Gasteiger partial charge in [-0.25, -0.2) is 0 Å². The van der Waals surface area contributed by atoms with Gasteiger partial charge >= 0.3 is 0 Å². The molecule has 0 unspecified atom stereocenters. The summed E-state index contributed by atoms with van der Waals surface area (Å²) in [4.78, 5) is 40.0. The van der Waals surface area contributed by atoms with E-state index < -0.39 is 0 Å². The first kappa shape index (κ1) is 24.9. The minimum atomic E-state index is -0.155. The Morgan fingerprint density at radius 3 is 2.45 bits per heavy atom. The summed E-state index contributed by atoms with van der Waals surface area (Å²) in [6.45, 7) is 4.70. The van der Waals surface area contributed by atoms with Crippen molar-refractivity contribution in [2.24, 2.45) is 5.92 Å². The zero-order valence-corrected chi connectivity index (χ0v) is 20.2. The molecule has 2 N–H and O–H groups in total. The minimum absolute atomic E-state index is 0.0395. The summed E-state index contributed by atoms with van der Waals surface area (Å²) in [7, 11) is 3.22. The van der Waals surface area contributed by atoms with E-state index in [4.69, 9.17) is 9.47 Å². The summed E-state index contributed by atoms with van der Waals surface area (Å²) >= 11 is 0. The van der Waals surface area contributed by atoms with Crippen LogP contribution in [-0.4, -0.2) is 62.0 Å². The summed E-state index contributed by atoms with van der Waals surface area (Å²) in [5.74, 6) is 1.13. The standard InChI is InChI=1S/C25H37N3O5/c1-16(2)25(31)28-19-8-9-20(28)15-27-22(29)10-7-17-12-18(6-5-11-26-23(30)14-19)24(33-4)21(13-17)32-3/h12-13,16,19-20H,5-11,14-15H2,1-4H3,(H,26,30)(H,27,29)/t19-,20+/m0/s1. The maximum Gasteiger partial charge on any atom is 0.225 e. The lowest BCUT2D eigenvalue weighted by atomic mass is 10.0. The van der Waals surface area contributed by atoms with Crippen molar-refractivity contribution < 1.29 is 23.9 Å². The van der Waals surface area contributed by atoms with Gasteiger partial charge in [0.25, 0.3) is 0 Å². The third-order valence-electron chi connectivity index (χ3n) is 6.53. The zero-order valence-electron chi connectivity index (χ0n) is 20.2. The number of fused-ring (bicyclic) bond motifs is 4. The summed E-state index contributed by atoms with van der Waals surface area (Å²) in [6, 6.07) is 3.76. The Balaban J connectivity index is 1.81. The lowest BCUT2D eigenvalue weighted by molar-refractivity contribution is -0.138. The molecule has 1 aromatic carbocycles. The van der Waals surface area contributed by atoms with Crippen LogP contribution in [0.4, 0.5) is 0 Å². The molecule has 182 valence electrons. The van der Waals surface area contributed by atoms with Crippen molar-refractivity contribution in [2.75, 3.05) is 27.3 Å². The molecule has 0 spiro atoms. The Morgan fingerprint density at radius 1 is 1.00 bits per heavy atom. The van der Waals surface area contributed by atoms with Gasteiger partial charge in [0.1, 0.15) is 0 Å². The Kier molecular flexibility index (Phi) is 8.58. The predicted octanol–water partition coefficient (Wildman–Crippen LogP) is 2.22. The average molecular weight is 460 g/mol. The molecule has 33 heavy (non-hydrogen) atoms. The van der Waals surface area contributed by atoms with Crippen molar-refractivity contribution in [1.82, 2.24) is 15.5 Å². The number of amides is 3. The van der Waals surface area contributed by atoms with Crippen molar-refractivity contribution in [3.8, 4) is 11.5 Å². The number of rotatable bonds is 3. The van der Waals surface area contributed by atoms with Gasteiger partial charge in [-0.2, -0.15) is 0 Å². The fourth-order valence-electron chi connectivity index (χ4n) is 4.83. The second kappa shape index (κ2) is 11.4. The molecule has 1 saturated heterocycles. The molecule has 2 heterocycles. The van der Waals surface area contributed by atoms with Crippen LogP contribution in [0.2, 0.25) is 0 Å². The second-order valence-corrected chi connectivity index (χ2v) is 9.24. The van der Waals surface area contributed by atoms with Crippen molar-refractivity contribution in [3.63, 3.8) is 0 Å². The van der Waals surface area contributed by atoms with Crippen LogP contribution in [-0.2, 0) is 27.2 Å². The van der Waals surface area contributed by atoms with E-state index in [9.17, 15) is 14.4 Å². The fraction of sp³-hybridized carbons (Fsp3) is 0.640.